The maximum atomic E-state index is 13.1. The minimum absolute atomic E-state index is 0.154. The molecule has 39 heavy (non-hydrogen) atoms. The number of furan rings is 1. The number of pyridine rings is 1. The van der Waals surface area contributed by atoms with E-state index in [1.807, 2.05) is 6.20 Å². The Bertz CT molecular complexity index is 1500. The van der Waals surface area contributed by atoms with Crippen molar-refractivity contribution in [2.45, 2.75) is 24.9 Å². The molecule has 0 spiro atoms. The van der Waals surface area contributed by atoms with Crippen molar-refractivity contribution in [1.29, 1.82) is 0 Å². The highest BCUT2D eigenvalue weighted by Gasteiger charge is 2.53. The van der Waals surface area contributed by atoms with Crippen LogP contribution in [0.4, 0.5) is 0 Å². The third kappa shape index (κ3) is 5.20. The standard InChI is InChI=1S/C24H22N6O8S/c1-2-36-17(31)11-38-28-18(15-3-6-25-27-15)21(32)26-19-22(33)30-20(24(34)35)14(12-39-23(19)30)10-29-7-4-16-13(9-29)5-8-37-16/h3-9,19,23H,2,10-12H2,1H3,(H2-,25,26,27,28,32,34,35)/t19?,23-/m1/s1. The molecule has 0 aliphatic carbocycles. The van der Waals surface area contributed by atoms with Gasteiger partial charge in [0.05, 0.1) is 35.6 Å². The van der Waals surface area contributed by atoms with E-state index in [0.717, 1.165) is 10.3 Å². The zero-order chi connectivity index (χ0) is 27.5. The Morgan fingerprint density at radius 2 is 2.21 bits per heavy atom. The van der Waals surface area contributed by atoms with Gasteiger partial charge in [0.1, 0.15) is 17.0 Å². The van der Waals surface area contributed by atoms with Crippen LogP contribution in [0.1, 0.15) is 12.6 Å². The van der Waals surface area contributed by atoms with E-state index in [2.05, 4.69) is 20.7 Å². The Kier molecular flexibility index (Phi) is 7.31. The van der Waals surface area contributed by atoms with Crippen LogP contribution in [-0.4, -0.2) is 74.9 Å². The first-order chi connectivity index (χ1) is 18.9. The average molecular weight is 555 g/mol. The number of oxime groups is 1. The van der Waals surface area contributed by atoms with Crippen molar-refractivity contribution in [2.24, 2.45) is 5.16 Å². The fraction of sp³-hybridized carbons (Fsp3) is 0.292. The number of amides is 2. The molecule has 0 radical (unpaired) electrons. The highest BCUT2D eigenvalue weighted by Crippen LogP contribution is 2.40. The number of aromatic amines is 1. The third-order valence-corrected chi connectivity index (χ3v) is 7.30. The second-order valence-electron chi connectivity index (χ2n) is 8.45. The van der Waals surface area contributed by atoms with Crippen molar-refractivity contribution in [1.82, 2.24) is 20.4 Å². The normalized spacial score (nSPS) is 18.9. The summed E-state index contributed by atoms with van der Waals surface area (Å²) in [6.45, 7) is 1.48. The van der Waals surface area contributed by atoms with Crippen molar-refractivity contribution in [2.75, 3.05) is 19.0 Å². The fourth-order valence-corrected chi connectivity index (χ4v) is 5.57. The SMILES string of the molecule is CCOC(=O)CO/N=C(/C(=O)NC1C(=O)N2C(C(=O)[O-])=C(C[n+]3ccc4occc4c3)CS[C@H]12)c1ccn[nH]1. The number of nitrogens with one attached hydrogen (secondary N) is 2. The minimum atomic E-state index is -1.48. The lowest BCUT2D eigenvalue weighted by atomic mass is 10.0. The summed E-state index contributed by atoms with van der Waals surface area (Å²) in [6.07, 6.45) is 6.52. The molecule has 14 nitrogen and oxygen atoms in total. The third-order valence-electron chi connectivity index (χ3n) is 5.96. The van der Waals surface area contributed by atoms with E-state index in [-0.39, 0.29) is 30.3 Å². The molecule has 1 saturated heterocycles. The van der Waals surface area contributed by atoms with Crippen LogP contribution in [0.2, 0.25) is 0 Å². The molecule has 0 saturated carbocycles. The summed E-state index contributed by atoms with van der Waals surface area (Å²) in [5, 5.41) is 25.0. The van der Waals surface area contributed by atoms with Crippen molar-refractivity contribution in [3.05, 3.63) is 60.0 Å². The van der Waals surface area contributed by atoms with E-state index in [1.54, 1.807) is 36.1 Å². The second-order valence-corrected chi connectivity index (χ2v) is 9.55. The van der Waals surface area contributed by atoms with E-state index < -0.39 is 41.8 Å². The summed E-state index contributed by atoms with van der Waals surface area (Å²) < 4.78 is 11.9. The lowest BCUT2D eigenvalue weighted by Gasteiger charge is -2.50. The number of aliphatic carboxylic acids is 1. The van der Waals surface area contributed by atoms with Crippen molar-refractivity contribution >= 4 is 52.2 Å². The Morgan fingerprint density at radius 3 is 2.95 bits per heavy atom. The molecule has 3 aromatic rings. The Labute approximate surface area is 224 Å². The first-order valence-electron chi connectivity index (χ1n) is 11.8. The molecule has 15 heteroatoms. The van der Waals surface area contributed by atoms with E-state index in [9.17, 15) is 24.3 Å². The number of rotatable bonds is 10. The first-order valence-corrected chi connectivity index (χ1v) is 12.8. The van der Waals surface area contributed by atoms with E-state index in [0.29, 0.717) is 16.9 Å². The quantitative estimate of drug-likeness (QED) is 0.102. The summed E-state index contributed by atoms with van der Waals surface area (Å²) >= 11 is 1.31. The van der Waals surface area contributed by atoms with Gasteiger partial charge < -0.3 is 29.2 Å². The number of carbonyl (C=O) groups excluding carboxylic acids is 4. The summed E-state index contributed by atoms with van der Waals surface area (Å²) in [5.41, 5.74) is 0.898. The van der Waals surface area contributed by atoms with E-state index >= 15 is 0 Å². The molecule has 1 fully saturated rings. The number of esters is 1. The molecule has 2 N–H and O–H groups in total. The van der Waals surface area contributed by atoms with Crippen LogP contribution < -0.4 is 15.0 Å². The average Bonchev–Trinajstić information content (AvgIpc) is 3.61. The zero-order valence-electron chi connectivity index (χ0n) is 20.5. The molecule has 2 amide bonds. The van der Waals surface area contributed by atoms with Gasteiger partial charge >= 0.3 is 5.97 Å². The molecule has 202 valence electrons. The number of hydrogen-bond donors (Lipinski definition) is 2. The number of thioether (sulfide) groups is 1. The number of H-pyrrole nitrogens is 1. The smallest absolute Gasteiger partial charge is 0.347 e. The lowest BCUT2D eigenvalue weighted by molar-refractivity contribution is -0.687. The van der Waals surface area contributed by atoms with Gasteiger partial charge in [-0.1, -0.05) is 5.16 Å². The second kappa shape index (κ2) is 11.0. The molecule has 3 aromatic heterocycles. The molecule has 0 bridgehead atoms. The molecule has 2 aliphatic rings. The van der Waals surface area contributed by atoms with Crippen molar-refractivity contribution < 1.29 is 42.8 Å². The predicted octanol–water partition coefficient (Wildman–Crippen LogP) is -1.17. The zero-order valence-corrected chi connectivity index (χ0v) is 21.3. The maximum Gasteiger partial charge on any atom is 0.347 e. The number of β-lactam (4-membered cyclic amide) rings is 1. The first kappa shape index (κ1) is 26.0. The van der Waals surface area contributed by atoms with Crippen LogP contribution in [0, 0.1) is 0 Å². The van der Waals surface area contributed by atoms with Crippen molar-refractivity contribution in [3.8, 4) is 0 Å². The molecule has 5 rings (SSSR count). The summed E-state index contributed by atoms with van der Waals surface area (Å²) in [7, 11) is 0. The Morgan fingerprint density at radius 1 is 1.36 bits per heavy atom. The number of carboxylic acid groups (broad SMARTS) is 1. The van der Waals surface area contributed by atoms with E-state index in [4.69, 9.17) is 14.0 Å². The van der Waals surface area contributed by atoms with Gasteiger partial charge in [0.2, 0.25) is 6.61 Å². The summed E-state index contributed by atoms with van der Waals surface area (Å²) in [6, 6.07) is 3.99. The van der Waals surface area contributed by atoms with Gasteiger partial charge in [-0.05, 0) is 19.1 Å². The number of nitrogens with zero attached hydrogens (tertiary/aromatic N) is 4. The number of carboxylic acids is 1. The van der Waals surface area contributed by atoms with Crippen LogP contribution in [0.25, 0.3) is 11.0 Å². The highest BCUT2D eigenvalue weighted by molar-refractivity contribution is 8.00. The van der Waals surface area contributed by atoms with Crippen LogP contribution in [0.3, 0.4) is 0 Å². The molecule has 5 heterocycles. The number of aromatic nitrogens is 3. The van der Waals surface area contributed by atoms with Gasteiger partial charge in [0, 0.05) is 23.6 Å². The van der Waals surface area contributed by atoms with Crippen molar-refractivity contribution in [3.63, 3.8) is 0 Å². The fourth-order valence-electron chi connectivity index (χ4n) is 4.23. The van der Waals surface area contributed by atoms with Gasteiger partial charge in [0.15, 0.2) is 24.7 Å². The van der Waals surface area contributed by atoms with Gasteiger partial charge in [-0.25, -0.2) is 9.36 Å². The molecular weight excluding hydrogens is 532 g/mol. The predicted molar refractivity (Wildman–Crippen MR) is 131 cm³/mol. The highest BCUT2D eigenvalue weighted by atomic mass is 32.2. The lowest BCUT2D eigenvalue weighted by Crippen LogP contribution is -2.71. The maximum absolute atomic E-state index is 13.1. The topological polar surface area (TPSA) is 183 Å². The monoisotopic (exact) mass is 554 g/mol. The number of fused-ring (bicyclic) bond motifs is 2. The molecule has 1 unspecified atom stereocenters. The van der Waals surface area contributed by atoms with Crippen LogP contribution in [-0.2, 0) is 35.3 Å². The van der Waals surface area contributed by atoms with Crippen LogP contribution in [0.15, 0.2) is 63.9 Å². The summed E-state index contributed by atoms with van der Waals surface area (Å²) in [4.78, 5) is 55.9. The van der Waals surface area contributed by atoms with Gasteiger partial charge in [-0.3, -0.25) is 19.6 Å². The number of carbonyl (C=O) groups is 4. The molecule has 0 aromatic carbocycles. The molecule has 2 atom stereocenters. The molecule has 2 aliphatic heterocycles. The minimum Gasteiger partial charge on any atom is -0.543 e. The van der Waals surface area contributed by atoms with Crippen LogP contribution >= 0.6 is 11.8 Å². The van der Waals surface area contributed by atoms with E-state index in [1.165, 1.54) is 24.0 Å². The van der Waals surface area contributed by atoms with Gasteiger partial charge in [-0.15, -0.1) is 11.8 Å². The van der Waals surface area contributed by atoms with Gasteiger partial charge in [-0.2, -0.15) is 5.10 Å². The van der Waals surface area contributed by atoms with Crippen LogP contribution in [0.5, 0.6) is 0 Å². The molecular formula is C24H22N6O8S. The number of ether oxygens (including phenoxy) is 1. The number of hydrogen-bond acceptors (Lipinski definition) is 11. The van der Waals surface area contributed by atoms with Gasteiger partial charge in [0.25, 0.3) is 11.8 Å². The Hall–Kier alpha value is -4.66. The summed E-state index contributed by atoms with van der Waals surface area (Å²) in [5.74, 6) is -3.25. The Balaban J connectivity index is 1.31. The largest absolute Gasteiger partial charge is 0.543 e.